The SMILES string of the molecule is C=[N+](/C=C\C(C#N)=C/C)CCCC[n+]1ccc(C#N)cc1. The molecule has 1 aromatic rings. The van der Waals surface area contributed by atoms with Crippen LogP contribution >= 0.6 is 0 Å². The molecule has 0 aliphatic carbocycles. The van der Waals surface area contributed by atoms with Crippen LogP contribution < -0.4 is 4.57 Å². The minimum atomic E-state index is 0.636. The van der Waals surface area contributed by atoms with Gasteiger partial charge in [-0.1, -0.05) is 6.08 Å². The topological polar surface area (TPSA) is 54.5 Å². The molecular weight excluding hydrogens is 260 g/mol. The van der Waals surface area contributed by atoms with Gasteiger partial charge >= 0.3 is 0 Å². The summed E-state index contributed by atoms with van der Waals surface area (Å²) in [6.07, 6.45) is 11.3. The first kappa shape index (κ1) is 16.3. The molecule has 106 valence electrons. The zero-order valence-corrected chi connectivity index (χ0v) is 12.4. The van der Waals surface area contributed by atoms with E-state index in [9.17, 15) is 0 Å². The molecule has 0 atom stereocenters. The third-order valence-electron chi connectivity index (χ3n) is 3.04. The van der Waals surface area contributed by atoms with Gasteiger partial charge in [-0.25, -0.2) is 9.14 Å². The number of pyridine rings is 1. The van der Waals surface area contributed by atoms with Crippen molar-refractivity contribution in [3.63, 3.8) is 0 Å². The zero-order valence-electron chi connectivity index (χ0n) is 12.4. The second-order valence-electron chi connectivity index (χ2n) is 4.63. The molecule has 0 bridgehead atoms. The molecule has 0 saturated carbocycles. The molecule has 0 aliphatic rings. The highest BCUT2D eigenvalue weighted by molar-refractivity contribution is 5.31. The first-order valence-corrected chi connectivity index (χ1v) is 6.90. The van der Waals surface area contributed by atoms with Gasteiger partial charge in [0, 0.05) is 31.1 Å². The van der Waals surface area contributed by atoms with Crippen molar-refractivity contribution in [2.75, 3.05) is 6.54 Å². The second-order valence-corrected chi connectivity index (χ2v) is 4.63. The second kappa shape index (κ2) is 9.23. The number of allylic oxidation sites excluding steroid dienone is 3. The summed E-state index contributed by atoms with van der Waals surface area (Å²) >= 11 is 0. The van der Waals surface area contributed by atoms with E-state index < -0.39 is 0 Å². The van der Waals surface area contributed by atoms with Crippen LogP contribution in [0, 0.1) is 22.7 Å². The highest BCUT2D eigenvalue weighted by atomic mass is 15.0. The van der Waals surface area contributed by atoms with E-state index >= 15 is 0 Å². The summed E-state index contributed by atoms with van der Waals surface area (Å²) in [4.78, 5) is 0. The lowest BCUT2D eigenvalue weighted by Crippen LogP contribution is -2.32. The molecule has 1 aromatic heterocycles. The van der Waals surface area contributed by atoms with Gasteiger partial charge in [0.1, 0.15) is 19.8 Å². The fourth-order valence-corrected chi connectivity index (χ4v) is 1.75. The Morgan fingerprint density at radius 2 is 2.05 bits per heavy atom. The lowest BCUT2D eigenvalue weighted by Gasteiger charge is -1.97. The van der Waals surface area contributed by atoms with Gasteiger partial charge < -0.3 is 0 Å². The Balaban J connectivity index is 2.29. The van der Waals surface area contributed by atoms with Gasteiger partial charge in [0.15, 0.2) is 18.6 Å². The van der Waals surface area contributed by atoms with Crippen LogP contribution in [0.5, 0.6) is 0 Å². The maximum absolute atomic E-state index is 8.79. The van der Waals surface area contributed by atoms with Crippen molar-refractivity contribution in [3.8, 4) is 12.1 Å². The largest absolute Gasteiger partial charge is 0.212 e. The van der Waals surface area contributed by atoms with Gasteiger partial charge in [-0.05, 0) is 6.92 Å². The van der Waals surface area contributed by atoms with Crippen molar-refractivity contribution < 1.29 is 9.14 Å². The van der Waals surface area contributed by atoms with Crippen molar-refractivity contribution in [3.05, 3.63) is 54.0 Å². The lowest BCUT2D eigenvalue weighted by atomic mass is 10.2. The van der Waals surface area contributed by atoms with Crippen LogP contribution in [0.4, 0.5) is 0 Å². The fourth-order valence-electron chi connectivity index (χ4n) is 1.75. The monoisotopic (exact) mass is 280 g/mol. The third kappa shape index (κ3) is 6.31. The van der Waals surface area contributed by atoms with E-state index in [0.717, 1.165) is 25.9 Å². The molecule has 4 nitrogen and oxygen atoms in total. The summed E-state index contributed by atoms with van der Waals surface area (Å²) < 4.78 is 3.90. The molecule has 0 aliphatic heterocycles. The van der Waals surface area contributed by atoms with Crippen LogP contribution in [0.15, 0.2) is 48.5 Å². The molecule has 4 heteroatoms. The Bertz CT molecular complexity index is 610. The maximum atomic E-state index is 8.79. The summed E-state index contributed by atoms with van der Waals surface area (Å²) in [6.45, 7) is 7.51. The Kier molecular flexibility index (Phi) is 7.18. The van der Waals surface area contributed by atoms with Gasteiger partial charge in [-0.3, -0.25) is 0 Å². The number of rotatable bonds is 7. The zero-order chi connectivity index (χ0) is 15.5. The summed E-state index contributed by atoms with van der Waals surface area (Å²) in [5.74, 6) is 0. The highest BCUT2D eigenvalue weighted by Crippen LogP contribution is 1.96. The van der Waals surface area contributed by atoms with E-state index in [-0.39, 0.29) is 0 Å². The van der Waals surface area contributed by atoms with Crippen molar-refractivity contribution in [2.24, 2.45) is 0 Å². The van der Waals surface area contributed by atoms with E-state index in [2.05, 4.69) is 23.4 Å². The predicted octanol–water partition coefficient (Wildman–Crippen LogP) is 2.32. The van der Waals surface area contributed by atoms with E-state index in [1.54, 1.807) is 12.2 Å². The molecule has 0 saturated heterocycles. The van der Waals surface area contributed by atoms with Gasteiger partial charge in [0.25, 0.3) is 0 Å². The van der Waals surface area contributed by atoms with E-state index in [0.29, 0.717) is 11.1 Å². The molecule has 0 unspecified atom stereocenters. The van der Waals surface area contributed by atoms with Gasteiger partial charge in [-0.15, -0.1) is 0 Å². The first-order chi connectivity index (χ1) is 10.2. The number of unbranched alkanes of at least 4 members (excludes halogenated alkanes) is 1. The number of hydrogen-bond acceptors (Lipinski definition) is 2. The average molecular weight is 280 g/mol. The summed E-state index contributed by atoms with van der Waals surface area (Å²) in [6, 6.07) is 7.84. The van der Waals surface area contributed by atoms with E-state index in [1.807, 2.05) is 42.2 Å². The third-order valence-corrected chi connectivity index (χ3v) is 3.04. The number of nitrogens with zero attached hydrogens (tertiary/aromatic N) is 4. The molecule has 0 radical (unpaired) electrons. The smallest absolute Gasteiger partial charge is 0.170 e. The number of nitriles is 2. The Morgan fingerprint density at radius 1 is 1.33 bits per heavy atom. The molecule has 1 heterocycles. The predicted molar refractivity (Wildman–Crippen MR) is 81.3 cm³/mol. The molecule has 0 fully saturated rings. The highest BCUT2D eigenvalue weighted by Gasteiger charge is 2.02. The Labute approximate surface area is 126 Å². The van der Waals surface area contributed by atoms with Crippen molar-refractivity contribution in [1.29, 1.82) is 10.5 Å². The summed E-state index contributed by atoms with van der Waals surface area (Å²) in [7, 11) is 0. The molecule has 0 amide bonds. The van der Waals surface area contributed by atoms with Crippen molar-refractivity contribution in [1.82, 2.24) is 0 Å². The number of aromatic nitrogens is 1. The van der Waals surface area contributed by atoms with Crippen molar-refractivity contribution >= 4 is 6.72 Å². The fraction of sp³-hybridized carbons (Fsp3) is 0.294. The standard InChI is InChI=1S/C17H20N4/c1-3-16(14-18)6-11-20(2)9-4-5-10-21-12-7-17(15-19)8-13-21/h3,6-8,11-13H,2,4-5,9-10H2,1H3/q+2/b11-6-,16-3+. The van der Waals surface area contributed by atoms with Crippen LogP contribution in [0.3, 0.4) is 0 Å². The van der Waals surface area contributed by atoms with Crippen LogP contribution in [-0.2, 0) is 6.54 Å². The van der Waals surface area contributed by atoms with Gasteiger partial charge in [0.05, 0.1) is 23.3 Å². The maximum Gasteiger partial charge on any atom is 0.170 e. The summed E-state index contributed by atoms with van der Waals surface area (Å²) in [5.41, 5.74) is 1.31. The summed E-state index contributed by atoms with van der Waals surface area (Å²) in [5, 5.41) is 17.5. The molecule has 0 aromatic carbocycles. The lowest BCUT2D eigenvalue weighted by molar-refractivity contribution is -0.697. The first-order valence-electron chi connectivity index (χ1n) is 6.90. The molecule has 21 heavy (non-hydrogen) atoms. The minimum Gasteiger partial charge on any atom is -0.212 e. The van der Waals surface area contributed by atoms with Crippen LogP contribution in [0.25, 0.3) is 0 Å². The van der Waals surface area contributed by atoms with Crippen LogP contribution in [-0.4, -0.2) is 17.8 Å². The number of hydrogen-bond donors (Lipinski definition) is 0. The van der Waals surface area contributed by atoms with E-state index in [1.165, 1.54) is 0 Å². The molecule has 0 N–H and O–H groups in total. The Hall–Kier alpha value is -2.72. The van der Waals surface area contributed by atoms with E-state index in [4.69, 9.17) is 10.5 Å². The Morgan fingerprint density at radius 3 is 2.62 bits per heavy atom. The normalized spacial score (nSPS) is 11.1. The average Bonchev–Trinajstić information content (AvgIpc) is 2.53. The molecular formula is C17H20N4+2. The van der Waals surface area contributed by atoms with Crippen LogP contribution in [0.2, 0.25) is 0 Å². The van der Waals surface area contributed by atoms with Crippen LogP contribution in [0.1, 0.15) is 25.3 Å². The molecule has 1 rings (SSSR count). The quantitative estimate of drug-likeness (QED) is 0.253. The molecule has 0 spiro atoms. The van der Waals surface area contributed by atoms with Gasteiger partial charge in [0.2, 0.25) is 0 Å². The van der Waals surface area contributed by atoms with Crippen molar-refractivity contribution in [2.45, 2.75) is 26.3 Å². The van der Waals surface area contributed by atoms with Gasteiger partial charge in [-0.2, -0.15) is 10.5 Å². The minimum absolute atomic E-state index is 0.636. The number of aryl methyl sites for hydroxylation is 1.